The van der Waals surface area contributed by atoms with E-state index >= 15 is 0 Å². The van der Waals surface area contributed by atoms with Crippen LogP contribution in [0, 0.1) is 16.0 Å². The SMILES string of the molecule is O=[N+]([O-])c1cc(Br)cnc1N(CC1CC1)C1CCOCC1. The highest BCUT2D eigenvalue weighted by atomic mass is 79.9. The minimum absolute atomic E-state index is 0.0801. The Morgan fingerprint density at radius 2 is 2.10 bits per heavy atom. The molecule has 114 valence electrons. The van der Waals surface area contributed by atoms with Gasteiger partial charge in [-0.1, -0.05) is 0 Å². The lowest BCUT2D eigenvalue weighted by Gasteiger charge is -2.35. The molecule has 1 saturated carbocycles. The van der Waals surface area contributed by atoms with Gasteiger partial charge in [-0.15, -0.1) is 0 Å². The maximum atomic E-state index is 11.4. The molecule has 0 aromatic carbocycles. The van der Waals surface area contributed by atoms with Crippen LogP contribution in [0.5, 0.6) is 0 Å². The zero-order valence-electron chi connectivity index (χ0n) is 11.7. The Hall–Kier alpha value is -1.21. The molecule has 2 heterocycles. The van der Waals surface area contributed by atoms with Crippen molar-refractivity contribution in [2.24, 2.45) is 5.92 Å². The highest BCUT2D eigenvalue weighted by molar-refractivity contribution is 9.10. The first-order valence-electron chi connectivity index (χ1n) is 7.29. The molecule has 1 aromatic rings. The first-order valence-corrected chi connectivity index (χ1v) is 8.09. The molecule has 0 bridgehead atoms. The summed E-state index contributed by atoms with van der Waals surface area (Å²) in [5.74, 6) is 1.15. The van der Waals surface area contributed by atoms with Gasteiger partial charge in [-0.3, -0.25) is 10.1 Å². The van der Waals surface area contributed by atoms with Crippen molar-refractivity contribution in [3.8, 4) is 0 Å². The number of halogens is 1. The molecule has 0 radical (unpaired) electrons. The van der Waals surface area contributed by atoms with Gasteiger partial charge < -0.3 is 9.64 Å². The molecule has 1 aliphatic carbocycles. The summed E-state index contributed by atoms with van der Waals surface area (Å²) in [4.78, 5) is 17.5. The highest BCUT2D eigenvalue weighted by Gasteiger charge is 2.33. The molecule has 21 heavy (non-hydrogen) atoms. The first kappa shape index (κ1) is 14.7. The van der Waals surface area contributed by atoms with Crippen LogP contribution in [0.15, 0.2) is 16.7 Å². The number of nitro groups is 1. The third kappa shape index (κ3) is 3.52. The van der Waals surface area contributed by atoms with Crippen LogP contribution < -0.4 is 4.90 Å². The number of hydrogen-bond acceptors (Lipinski definition) is 5. The minimum Gasteiger partial charge on any atom is -0.381 e. The molecular weight excluding hydrogens is 338 g/mol. The lowest BCUT2D eigenvalue weighted by atomic mass is 10.1. The fourth-order valence-corrected chi connectivity index (χ4v) is 3.08. The van der Waals surface area contributed by atoms with E-state index in [1.54, 1.807) is 12.3 Å². The lowest BCUT2D eigenvalue weighted by Crippen LogP contribution is -2.41. The van der Waals surface area contributed by atoms with E-state index in [-0.39, 0.29) is 16.7 Å². The van der Waals surface area contributed by atoms with Crippen LogP contribution in [0.2, 0.25) is 0 Å². The standard InChI is InChI=1S/C14H18BrN3O3/c15-11-7-13(18(19)20)14(16-8-11)17(9-10-1-2-10)12-3-5-21-6-4-12/h7-8,10,12H,1-6,9H2. The van der Waals surface area contributed by atoms with Crippen LogP contribution in [-0.2, 0) is 4.74 Å². The van der Waals surface area contributed by atoms with Gasteiger partial charge in [-0.2, -0.15) is 0 Å². The zero-order chi connectivity index (χ0) is 14.8. The second-order valence-corrected chi connectivity index (χ2v) is 6.61. The number of ether oxygens (including phenoxy) is 1. The van der Waals surface area contributed by atoms with Gasteiger partial charge >= 0.3 is 5.69 Å². The Balaban J connectivity index is 1.92. The van der Waals surface area contributed by atoms with E-state index in [0.717, 1.165) is 32.6 Å². The maximum absolute atomic E-state index is 11.4. The normalized spacial score (nSPS) is 19.5. The Morgan fingerprint density at radius 1 is 1.38 bits per heavy atom. The van der Waals surface area contributed by atoms with Crippen molar-refractivity contribution in [3.63, 3.8) is 0 Å². The fraction of sp³-hybridized carbons (Fsp3) is 0.643. The van der Waals surface area contributed by atoms with Crippen LogP contribution >= 0.6 is 15.9 Å². The zero-order valence-corrected chi connectivity index (χ0v) is 13.3. The van der Waals surface area contributed by atoms with Gasteiger partial charge in [-0.25, -0.2) is 4.98 Å². The Bertz CT molecular complexity index is 530. The van der Waals surface area contributed by atoms with Crippen LogP contribution in [-0.4, -0.2) is 35.7 Å². The van der Waals surface area contributed by atoms with Gasteiger partial charge in [0.25, 0.3) is 0 Å². The van der Waals surface area contributed by atoms with Crippen molar-refractivity contribution in [1.82, 2.24) is 4.98 Å². The van der Waals surface area contributed by atoms with E-state index in [0.29, 0.717) is 16.2 Å². The molecule has 7 heteroatoms. The van der Waals surface area contributed by atoms with Gasteiger partial charge in [0, 0.05) is 42.5 Å². The van der Waals surface area contributed by atoms with Crippen LogP contribution in [0.1, 0.15) is 25.7 Å². The van der Waals surface area contributed by atoms with E-state index in [9.17, 15) is 10.1 Å². The quantitative estimate of drug-likeness (QED) is 0.599. The summed E-state index contributed by atoms with van der Waals surface area (Å²) in [7, 11) is 0. The number of anilines is 1. The van der Waals surface area contributed by atoms with Crippen LogP contribution in [0.4, 0.5) is 11.5 Å². The maximum Gasteiger partial charge on any atom is 0.312 e. The minimum atomic E-state index is -0.341. The predicted molar refractivity (Wildman–Crippen MR) is 82.5 cm³/mol. The summed E-state index contributed by atoms with van der Waals surface area (Å²) >= 11 is 3.27. The molecule has 0 spiro atoms. The van der Waals surface area contributed by atoms with Gasteiger partial charge in [0.1, 0.15) is 0 Å². The van der Waals surface area contributed by atoms with Crippen LogP contribution in [0.25, 0.3) is 0 Å². The van der Waals surface area contributed by atoms with Crippen molar-refractivity contribution in [2.45, 2.75) is 31.7 Å². The van der Waals surface area contributed by atoms with Crippen molar-refractivity contribution in [2.75, 3.05) is 24.7 Å². The second kappa shape index (κ2) is 6.27. The monoisotopic (exact) mass is 355 g/mol. The summed E-state index contributed by atoms with van der Waals surface area (Å²) in [6.45, 7) is 2.30. The molecule has 1 aliphatic heterocycles. The number of rotatable bonds is 5. The van der Waals surface area contributed by atoms with Gasteiger partial charge in [-0.05, 0) is 47.5 Å². The van der Waals surface area contributed by atoms with E-state index in [4.69, 9.17) is 4.74 Å². The highest BCUT2D eigenvalue weighted by Crippen LogP contribution is 2.37. The summed E-state index contributed by atoms with van der Waals surface area (Å²) in [6.07, 6.45) is 5.87. The molecule has 0 amide bonds. The van der Waals surface area contributed by atoms with Crippen molar-refractivity contribution in [1.29, 1.82) is 0 Å². The Morgan fingerprint density at radius 3 is 2.71 bits per heavy atom. The summed E-state index contributed by atoms with van der Waals surface area (Å²) < 4.78 is 6.05. The Labute approximate surface area is 131 Å². The summed E-state index contributed by atoms with van der Waals surface area (Å²) in [6, 6.07) is 1.83. The molecule has 6 nitrogen and oxygen atoms in total. The van der Waals surface area contributed by atoms with Crippen LogP contribution in [0.3, 0.4) is 0 Å². The molecule has 0 N–H and O–H groups in total. The van der Waals surface area contributed by atoms with E-state index in [1.165, 1.54) is 12.8 Å². The van der Waals surface area contributed by atoms with Gasteiger partial charge in [0.05, 0.1) is 4.92 Å². The number of aromatic nitrogens is 1. The van der Waals surface area contributed by atoms with Crippen molar-refractivity contribution < 1.29 is 9.66 Å². The smallest absolute Gasteiger partial charge is 0.312 e. The third-order valence-corrected chi connectivity index (χ3v) is 4.50. The summed E-state index contributed by atoms with van der Waals surface area (Å²) in [5.41, 5.74) is 0.0801. The predicted octanol–water partition coefficient (Wildman–Crippen LogP) is 3.15. The van der Waals surface area contributed by atoms with Crippen molar-refractivity contribution in [3.05, 3.63) is 26.9 Å². The molecule has 0 atom stereocenters. The van der Waals surface area contributed by atoms with E-state index in [2.05, 4.69) is 25.8 Å². The van der Waals surface area contributed by atoms with E-state index < -0.39 is 0 Å². The van der Waals surface area contributed by atoms with Gasteiger partial charge in [0.15, 0.2) is 0 Å². The largest absolute Gasteiger partial charge is 0.381 e. The molecule has 0 unspecified atom stereocenters. The third-order valence-electron chi connectivity index (χ3n) is 4.07. The average Bonchev–Trinajstić information content (AvgIpc) is 3.30. The number of hydrogen-bond donors (Lipinski definition) is 0. The Kier molecular flexibility index (Phi) is 4.40. The lowest BCUT2D eigenvalue weighted by molar-refractivity contribution is -0.384. The number of pyridine rings is 1. The second-order valence-electron chi connectivity index (χ2n) is 5.69. The molecule has 3 rings (SSSR count). The summed E-state index contributed by atoms with van der Waals surface area (Å²) in [5, 5.41) is 11.4. The molecular formula is C14H18BrN3O3. The topological polar surface area (TPSA) is 68.5 Å². The molecule has 2 fully saturated rings. The molecule has 2 aliphatic rings. The first-order chi connectivity index (χ1) is 10.1. The average molecular weight is 356 g/mol. The van der Waals surface area contributed by atoms with Gasteiger partial charge in [0.2, 0.25) is 5.82 Å². The molecule has 1 saturated heterocycles. The molecule has 1 aromatic heterocycles. The number of nitrogens with zero attached hydrogens (tertiary/aromatic N) is 3. The van der Waals surface area contributed by atoms with E-state index in [1.807, 2.05) is 0 Å². The van der Waals surface area contributed by atoms with Crippen molar-refractivity contribution >= 4 is 27.4 Å². The fourth-order valence-electron chi connectivity index (χ4n) is 2.76.